The first-order valence-corrected chi connectivity index (χ1v) is 5.32. The minimum atomic E-state index is -4.74. The van der Waals surface area contributed by atoms with Crippen LogP contribution in [0.3, 0.4) is 0 Å². The molecular weight excluding hydrogens is 401 g/mol. The van der Waals surface area contributed by atoms with Crippen molar-refractivity contribution in [2.24, 2.45) is 0 Å². The summed E-state index contributed by atoms with van der Waals surface area (Å²) in [5, 5.41) is -0.0730. The monoisotopic (exact) mass is 401 g/mol. The Morgan fingerprint density at radius 2 is 2.07 bits per heavy atom. The predicted molar refractivity (Wildman–Crippen MR) is 56.3 cm³/mol. The topological polar surface area (TPSA) is 22.1 Å². The summed E-state index contributed by atoms with van der Waals surface area (Å²) in [4.78, 5) is 3.72. The summed E-state index contributed by atoms with van der Waals surface area (Å²) < 4.78 is 39.6. The van der Waals surface area contributed by atoms with Crippen LogP contribution >= 0.6 is 50.1 Å². The van der Waals surface area contributed by atoms with Gasteiger partial charge >= 0.3 is 6.36 Å². The smallest absolute Gasteiger partial charge is 0.404 e. The van der Waals surface area contributed by atoms with Crippen LogP contribution in [-0.2, 0) is 0 Å². The number of ether oxygens (including phenoxy) is 1. The number of alkyl halides is 3. The molecule has 14 heavy (non-hydrogen) atoms. The molecule has 0 N–H and O–H groups in total. The molecule has 1 aromatic heterocycles. The highest BCUT2D eigenvalue weighted by Gasteiger charge is 2.32. The van der Waals surface area contributed by atoms with Crippen molar-refractivity contribution < 1.29 is 17.9 Å². The SMILES string of the molecule is FC(F)(F)Oc1cc(I)nc(Cl)c1Br. The van der Waals surface area contributed by atoms with Gasteiger partial charge in [0.05, 0.1) is 4.47 Å². The van der Waals surface area contributed by atoms with Crippen molar-refractivity contribution in [3.05, 3.63) is 19.4 Å². The van der Waals surface area contributed by atoms with E-state index >= 15 is 0 Å². The summed E-state index contributed by atoms with van der Waals surface area (Å²) in [6, 6.07) is 1.13. The quantitative estimate of drug-likeness (QED) is 0.523. The largest absolute Gasteiger partial charge is 0.573 e. The van der Waals surface area contributed by atoms with Gasteiger partial charge in [0.1, 0.15) is 14.6 Å². The van der Waals surface area contributed by atoms with E-state index in [2.05, 4.69) is 25.7 Å². The molecule has 0 saturated heterocycles. The molecule has 0 saturated carbocycles. The van der Waals surface area contributed by atoms with Crippen LogP contribution in [0, 0.1) is 3.70 Å². The Morgan fingerprint density at radius 1 is 1.50 bits per heavy atom. The zero-order valence-electron chi connectivity index (χ0n) is 6.20. The zero-order chi connectivity index (χ0) is 10.9. The summed E-state index contributed by atoms with van der Waals surface area (Å²) in [7, 11) is 0. The van der Waals surface area contributed by atoms with Crippen LogP contribution in [0.15, 0.2) is 10.5 Å². The molecular formula is C6HBrClF3INO. The Hall–Kier alpha value is 0.240. The van der Waals surface area contributed by atoms with E-state index in [9.17, 15) is 13.2 Å². The van der Waals surface area contributed by atoms with Crippen molar-refractivity contribution in [2.75, 3.05) is 0 Å². The van der Waals surface area contributed by atoms with E-state index < -0.39 is 12.1 Å². The van der Waals surface area contributed by atoms with Crippen LogP contribution in [-0.4, -0.2) is 11.3 Å². The summed E-state index contributed by atoms with van der Waals surface area (Å²) >= 11 is 10.1. The number of nitrogens with zero attached hydrogens (tertiary/aromatic N) is 1. The third-order valence-electron chi connectivity index (χ3n) is 1.08. The number of rotatable bonds is 1. The first-order valence-electron chi connectivity index (χ1n) is 3.07. The molecule has 0 atom stereocenters. The molecule has 0 aromatic carbocycles. The summed E-state index contributed by atoms with van der Waals surface area (Å²) in [6.45, 7) is 0. The van der Waals surface area contributed by atoms with Gasteiger partial charge in [-0.2, -0.15) is 0 Å². The maximum atomic E-state index is 11.9. The first kappa shape index (κ1) is 12.3. The van der Waals surface area contributed by atoms with Crippen LogP contribution in [0.1, 0.15) is 0 Å². The molecule has 0 amide bonds. The molecule has 0 aliphatic heterocycles. The fraction of sp³-hybridized carbons (Fsp3) is 0.167. The van der Waals surface area contributed by atoms with E-state index in [1.807, 2.05) is 0 Å². The van der Waals surface area contributed by atoms with E-state index in [0.717, 1.165) is 6.07 Å². The molecule has 0 aliphatic rings. The Labute approximate surface area is 104 Å². The van der Waals surface area contributed by atoms with Gasteiger partial charge in [0.15, 0.2) is 0 Å². The van der Waals surface area contributed by atoms with E-state index in [-0.39, 0.29) is 9.63 Å². The van der Waals surface area contributed by atoms with E-state index in [0.29, 0.717) is 3.70 Å². The third-order valence-corrected chi connectivity index (χ3v) is 2.90. The standard InChI is InChI=1S/C6HBrClF3INO/c7-4-2(14-6(9,10)11)1-3(12)13-5(4)8/h1H. The molecule has 0 fully saturated rings. The van der Waals surface area contributed by atoms with Gasteiger partial charge in [0, 0.05) is 6.07 Å². The molecule has 0 unspecified atom stereocenters. The van der Waals surface area contributed by atoms with Gasteiger partial charge in [-0.25, -0.2) is 4.98 Å². The van der Waals surface area contributed by atoms with E-state index in [4.69, 9.17) is 11.6 Å². The van der Waals surface area contributed by atoms with E-state index in [1.54, 1.807) is 22.6 Å². The van der Waals surface area contributed by atoms with Gasteiger partial charge in [-0.3, -0.25) is 0 Å². The Morgan fingerprint density at radius 3 is 2.57 bits per heavy atom. The van der Waals surface area contributed by atoms with Gasteiger partial charge < -0.3 is 4.74 Å². The molecule has 1 rings (SSSR count). The van der Waals surface area contributed by atoms with Crippen molar-refractivity contribution in [2.45, 2.75) is 6.36 Å². The maximum absolute atomic E-state index is 11.9. The average molecular weight is 402 g/mol. The van der Waals surface area contributed by atoms with Crippen LogP contribution < -0.4 is 4.74 Å². The summed E-state index contributed by atoms with van der Waals surface area (Å²) in [5.74, 6) is -0.401. The fourth-order valence-corrected chi connectivity index (χ4v) is 1.78. The van der Waals surface area contributed by atoms with Crippen LogP contribution in [0.5, 0.6) is 5.75 Å². The molecule has 78 valence electrons. The third kappa shape index (κ3) is 3.43. The number of halogens is 6. The minimum absolute atomic E-state index is 0.0168. The number of pyridine rings is 1. The van der Waals surface area contributed by atoms with Gasteiger partial charge in [0.25, 0.3) is 0 Å². The van der Waals surface area contributed by atoms with Crippen molar-refractivity contribution in [1.29, 1.82) is 0 Å². The number of aromatic nitrogens is 1. The Kier molecular flexibility index (Phi) is 3.87. The fourth-order valence-electron chi connectivity index (χ4n) is 0.647. The van der Waals surface area contributed by atoms with Crippen LogP contribution in [0.4, 0.5) is 13.2 Å². The van der Waals surface area contributed by atoms with Gasteiger partial charge in [0.2, 0.25) is 0 Å². The molecule has 0 spiro atoms. The second-order valence-electron chi connectivity index (χ2n) is 2.10. The zero-order valence-corrected chi connectivity index (χ0v) is 10.7. The maximum Gasteiger partial charge on any atom is 0.573 e. The highest BCUT2D eigenvalue weighted by atomic mass is 127. The molecule has 0 bridgehead atoms. The normalized spacial score (nSPS) is 11.6. The molecule has 8 heteroatoms. The van der Waals surface area contributed by atoms with Gasteiger partial charge in [-0.15, -0.1) is 13.2 Å². The highest BCUT2D eigenvalue weighted by molar-refractivity contribution is 14.1. The lowest BCUT2D eigenvalue weighted by atomic mass is 10.4. The Balaban J connectivity index is 3.09. The lowest BCUT2D eigenvalue weighted by Crippen LogP contribution is -2.17. The molecule has 2 nitrogen and oxygen atoms in total. The van der Waals surface area contributed by atoms with Crippen molar-refractivity contribution in [1.82, 2.24) is 4.98 Å². The average Bonchev–Trinajstić information content (AvgIpc) is 1.96. The molecule has 0 radical (unpaired) electrons. The number of hydrogen-bond donors (Lipinski definition) is 0. The van der Waals surface area contributed by atoms with Crippen molar-refractivity contribution in [3.63, 3.8) is 0 Å². The molecule has 1 heterocycles. The molecule has 0 aliphatic carbocycles. The summed E-state index contributed by atoms with van der Waals surface area (Å²) in [6.07, 6.45) is -4.74. The van der Waals surface area contributed by atoms with Gasteiger partial charge in [-0.1, -0.05) is 11.6 Å². The van der Waals surface area contributed by atoms with Crippen molar-refractivity contribution in [3.8, 4) is 5.75 Å². The summed E-state index contributed by atoms with van der Waals surface area (Å²) in [5.41, 5.74) is 0. The highest BCUT2D eigenvalue weighted by Crippen LogP contribution is 2.35. The van der Waals surface area contributed by atoms with Gasteiger partial charge in [-0.05, 0) is 38.5 Å². The number of hydrogen-bond acceptors (Lipinski definition) is 2. The first-order chi connectivity index (χ1) is 6.29. The minimum Gasteiger partial charge on any atom is -0.404 e. The Bertz CT molecular complexity index is 360. The second kappa shape index (κ2) is 4.40. The van der Waals surface area contributed by atoms with E-state index in [1.165, 1.54) is 0 Å². The lowest BCUT2D eigenvalue weighted by Gasteiger charge is -2.10. The second-order valence-corrected chi connectivity index (χ2v) is 4.35. The van der Waals surface area contributed by atoms with Crippen LogP contribution in [0.25, 0.3) is 0 Å². The van der Waals surface area contributed by atoms with Crippen molar-refractivity contribution >= 4 is 50.1 Å². The predicted octanol–water partition coefficient (Wildman–Crippen LogP) is 4.00. The van der Waals surface area contributed by atoms with Crippen LogP contribution in [0.2, 0.25) is 5.15 Å². The lowest BCUT2D eigenvalue weighted by molar-refractivity contribution is -0.274. The molecule has 1 aromatic rings.